The lowest BCUT2D eigenvalue weighted by molar-refractivity contribution is -0.178. The van der Waals surface area contributed by atoms with Crippen molar-refractivity contribution in [3.63, 3.8) is 0 Å². The summed E-state index contributed by atoms with van der Waals surface area (Å²) in [6.45, 7) is 0.766. The van der Waals surface area contributed by atoms with E-state index >= 15 is 0 Å². The molecule has 6 heteroatoms. The zero-order valence-electron chi connectivity index (χ0n) is 15.3. The van der Waals surface area contributed by atoms with E-state index in [1.54, 1.807) is 11.3 Å². The van der Waals surface area contributed by atoms with Crippen molar-refractivity contribution < 1.29 is 19.4 Å². The van der Waals surface area contributed by atoms with Gasteiger partial charge in [0.15, 0.2) is 5.54 Å². The number of carboxylic acid groups (broad SMARTS) is 1. The molecule has 28 heavy (non-hydrogen) atoms. The molecule has 5 nitrogen and oxygen atoms in total. The molecule has 1 unspecified atom stereocenters. The number of rotatable bonds is 7. The van der Waals surface area contributed by atoms with Crippen molar-refractivity contribution in [2.45, 2.75) is 25.0 Å². The first-order valence-corrected chi connectivity index (χ1v) is 10.1. The van der Waals surface area contributed by atoms with Gasteiger partial charge >= 0.3 is 5.97 Å². The minimum absolute atomic E-state index is 0.00660. The number of hydrogen-bond acceptors (Lipinski definition) is 4. The summed E-state index contributed by atoms with van der Waals surface area (Å²) in [5, 5.41) is 12.9. The van der Waals surface area contributed by atoms with Crippen molar-refractivity contribution in [3.8, 4) is 0 Å². The second-order valence-electron chi connectivity index (χ2n) is 7.04. The fourth-order valence-electron chi connectivity index (χ4n) is 3.63. The molecule has 0 bridgehead atoms. The van der Waals surface area contributed by atoms with Gasteiger partial charge in [0.1, 0.15) is 0 Å². The number of carboxylic acids is 1. The minimum atomic E-state index is -1.27. The Labute approximate surface area is 167 Å². The average molecular weight is 395 g/mol. The summed E-state index contributed by atoms with van der Waals surface area (Å²) in [7, 11) is 0. The zero-order chi connectivity index (χ0) is 19.6. The van der Waals surface area contributed by atoms with E-state index in [1.165, 1.54) is 4.90 Å². The van der Waals surface area contributed by atoms with Crippen LogP contribution in [0.1, 0.15) is 17.5 Å². The molecule has 0 saturated carbocycles. The van der Waals surface area contributed by atoms with Crippen LogP contribution < -0.4 is 0 Å². The molecule has 3 aromatic rings. The van der Waals surface area contributed by atoms with Gasteiger partial charge in [-0.2, -0.15) is 0 Å². The van der Waals surface area contributed by atoms with Gasteiger partial charge in [-0.3, -0.25) is 4.79 Å². The molecule has 1 N–H and O–H groups in total. The fraction of sp³-hybridized carbons (Fsp3) is 0.273. The maximum atomic E-state index is 12.9. The molecule has 1 atom stereocenters. The molecule has 1 aliphatic heterocycles. The second kappa shape index (κ2) is 7.73. The van der Waals surface area contributed by atoms with Crippen LogP contribution in [0.4, 0.5) is 0 Å². The third-order valence-corrected chi connectivity index (χ3v) is 6.33. The van der Waals surface area contributed by atoms with Crippen LogP contribution in [0.5, 0.6) is 0 Å². The Hall–Kier alpha value is -2.70. The lowest BCUT2D eigenvalue weighted by atomic mass is 9.84. The van der Waals surface area contributed by atoms with Gasteiger partial charge in [0.2, 0.25) is 5.91 Å². The molecule has 2 heterocycles. The summed E-state index contributed by atoms with van der Waals surface area (Å²) in [6, 6.07) is 17.5. The SMILES string of the molecule is O=C(Cc1csc2ccccc12)N1CCC1(COCc1ccccc1)C(=O)O. The third-order valence-electron chi connectivity index (χ3n) is 5.32. The maximum absolute atomic E-state index is 12.9. The highest BCUT2D eigenvalue weighted by Crippen LogP contribution is 2.34. The van der Waals surface area contributed by atoms with Crippen LogP contribution in [0.15, 0.2) is 60.0 Å². The zero-order valence-corrected chi connectivity index (χ0v) is 16.2. The van der Waals surface area contributed by atoms with Crippen molar-refractivity contribution in [2.75, 3.05) is 13.2 Å². The summed E-state index contributed by atoms with van der Waals surface area (Å²) in [6.07, 6.45) is 0.616. The van der Waals surface area contributed by atoms with E-state index in [4.69, 9.17) is 4.74 Å². The predicted molar refractivity (Wildman–Crippen MR) is 108 cm³/mol. The third kappa shape index (κ3) is 3.41. The first-order chi connectivity index (χ1) is 13.6. The van der Waals surface area contributed by atoms with Gasteiger partial charge in [-0.1, -0.05) is 48.5 Å². The largest absolute Gasteiger partial charge is 0.479 e. The Kier molecular flexibility index (Phi) is 5.15. The van der Waals surface area contributed by atoms with Crippen LogP contribution in [0.2, 0.25) is 0 Å². The predicted octanol–water partition coefficient (Wildman–Crippen LogP) is 3.72. The number of fused-ring (bicyclic) bond motifs is 1. The van der Waals surface area contributed by atoms with E-state index in [0.29, 0.717) is 19.6 Å². The quantitative estimate of drug-likeness (QED) is 0.662. The molecule has 4 rings (SSSR count). The maximum Gasteiger partial charge on any atom is 0.332 e. The van der Waals surface area contributed by atoms with Crippen LogP contribution >= 0.6 is 11.3 Å². The molecular weight excluding hydrogens is 374 g/mol. The van der Waals surface area contributed by atoms with Gasteiger partial charge in [0, 0.05) is 17.7 Å². The summed E-state index contributed by atoms with van der Waals surface area (Å²) < 4.78 is 6.83. The number of thiophene rings is 1. The molecule has 1 aromatic heterocycles. The number of benzene rings is 2. The number of hydrogen-bond donors (Lipinski definition) is 1. The van der Waals surface area contributed by atoms with E-state index in [-0.39, 0.29) is 18.9 Å². The Balaban J connectivity index is 1.45. The van der Waals surface area contributed by atoms with Crippen molar-refractivity contribution >= 4 is 33.3 Å². The van der Waals surface area contributed by atoms with E-state index < -0.39 is 11.5 Å². The van der Waals surface area contributed by atoms with Crippen molar-refractivity contribution in [2.24, 2.45) is 0 Å². The first-order valence-electron chi connectivity index (χ1n) is 9.21. The Morgan fingerprint density at radius 1 is 1.11 bits per heavy atom. The molecule has 144 valence electrons. The number of ether oxygens (including phenoxy) is 1. The van der Waals surface area contributed by atoms with E-state index in [2.05, 4.69) is 0 Å². The highest BCUT2D eigenvalue weighted by molar-refractivity contribution is 7.17. The molecular formula is C22H21NO4S. The summed E-state index contributed by atoms with van der Waals surface area (Å²) >= 11 is 1.60. The van der Waals surface area contributed by atoms with Crippen LogP contribution in [-0.2, 0) is 27.4 Å². The standard InChI is InChI=1S/C22H21NO4S/c24-20(12-17-14-28-19-9-5-4-8-18(17)19)23-11-10-22(23,21(25)26)15-27-13-16-6-2-1-3-7-16/h1-9,14H,10-13,15H2,(H,25,26). The molecule has 1 amide bonds. The normalized spacial score (nSPS) is 18.8. The number of nitrogens with zero attached hydrogens (tertiary/aromatic N) is 1. The molecule has 0 aliphatic carbocycles. The van der Waals surface area contributed by atoms with Gasteiger partial charge in [-0.05, 0) is 28.0 Å². The molecule has 2 aromatic carbocycles. The van der Waals surface area contributed by atoms with E-state index in [1.807, 2.05) is 60.0 Å². The fourth-order valence-corrected chi connectivity index (χ4v) is 4.59. The van der Waals surface area contributed by atoms with Crippen LogP contribution in [0.3, 0.4) is 0 Å². The summed E-state index contributed by atoms with van der Waals surface area (Å²) in [4.78, 5) is 26.4. The Morgan fingerprint density at radius 2 is 1.86 bits per heavy atom. The van der Waals surface area contributed by atoms with Gasteiger partial charge in [0.05, 0.1) is 19.6 Å². The first kappa shape index (κ1) is 18.7. The number of amides is 1. The molecule has 1 fully saturated rings. The van der Waals surface area contributed by atoms with Crippen molar-refractivity contribution in [1.82, 2.24) is 4.90 Å². The number of aliphatic carboxylic acids is 1. The average Bonchev–Trinajstić information content (AvgIpc) is 3.08. The van der Waals surface area contributed by atoms with E-state index in [0.717, 1.165) is 21.2 Å². The molecule has 0 spiro atoms. The Morgan fingerprint density at radius 3 is 2.57 bits per heavy atom. The van der Waals surface area contributed by atoms with E-state index in [9.17, 15) is 14.7 Å². The molecule has 0 radical (unpaired) electrons. The van der Waals surface area contributed by atoms with Gasteiger partial charge in [-0.25, -0.2) is 4.79 Å². The van der Waals surface area contributed by atoms with Crippen molar-refractivity contribution in [1.29, 1.82) is 0 Å². The monoisotopic (exact) mass is 395 g/mol. The lowest BCUT2D eigenvalue weighted by Crippen LogP contribution is -2.69. The number of carbonyl (C=O) groups is 2. The van der Waals surface area contributed by atoms with Crippen molar-refractivity contribution in [3.05, 3.63) is 71.1 Å². The Bertz CT molecular complexity index is 1000. The van der Waals surface area contributed by atoms with Crippen LogP contribution in [0.25, 0.3) is 10.1 Å². The van der Waals surface area contributed by atoms with Crippen LogP contribution in [-0.4, -0.2) is 40.6 Å². The smallest absolute Gasteiger partial charge is 0.332 e. The summed E-state index contributed by atoms with van der Waals surface area (Å²) in [5.41, 5.74) is 0.657. The van der Waals surface area contributed by atoms with Crippen LogP contribution in [0, 0.1) is 0 Å². The summed E-state index contributed by atoms with van der Waals surface area (Å²) in [5.74, 6) is -1.17. The topological polar surface area (TPSA) is 66.8 Å². The van der Waals surface area contributed by atoms with Gasteiger partial charge in [-0.15, -0.1) is 11.3 Å². The molecule has 1 saturated heterocycles. The highest BCUT2D eigenvalue weighted by Gasteiger charge is 2.53. The minimum Gasteiger partial charge on any atom is -0.479 e. The number of carbonyl (C=O) groups excluding carboxylic acids is 1. The highest BCUT2D eigenvalue weighted by atomic mass is 32.1. The number of likely N-dealkylation sites (tertiary alicyclic amines) is 1. The second-order valence-corrected chi connectivity index (χ2v) is 7.96. The van der Waals surface area contributed by atoms with Gasteiger partial charge in [0.25, 0.3) is 0 Å². The van der Waals surface area contributed by atoms with Gasteiger partial charge < -0.3 is 14.7 Å². The molecule has 1 aliphatic rings. The lowest BCUT2D eigenvalue weighted by Gasteiger charge is -2.49.